The van der Waals surface area contributed by atoms with E-state index in [1.807, 2.05) is 0 Å². The van der Waals surface area contributed by atoms with Crippen LogP contribution in [-0.4, -0.2) is 19.3 Å². The lowest BCUT2D eigenvalue weighted by atomic mass is 9.92. The lowest BCUT2D eigenvalue weighted by Gasteiger charge is -2.25. The maximum Gasteiger partial charge on any atom is 0.422 e. The molecular weight excluding hydrogens is 243 g/mol. The van der Waals surface area contributed by atoms with Crippen molar-refractivity contribution in [2.45, 2.75) is 25.9 Å². The van der Waals surface area contributed by atoms with E-state index in [2.05, 4.69) is 12.2 Å². The van der Waals surface area contributed by atoms with Gasteiger partial charge < -0.3 is 10.1 Å². The molecule has 0 radical (unpaired) electrons. The predicted octanol–water partition coefficient (Wildman–Crippen LogP) is 3.62. The van der Waals surface area contributed by atoms with Crippen LogP contribution in [-0.2, 0) is 6.42 Å². The van der Waals surface area contributed by atoms with Gasteiger partial charge in [0.1, 0.15) is 5.75 Å². The molecule has 1 aliphatic heterocycles. The summed E-state index contributed by atoms with van der Waals surface area (Å²) in [6.45, 7) is 1.80. The minimum atomic E-state index is -4.29. The molecule has 2 rings (SSSR count). The van der Waals surface area contributed by atoms with Crippen LogP contribution in [0.2, 0.25) is 0 Å². The van der Waals surface area contributed by atoms with Gasteiger partial charge >= 0.3 is 6.18 Å². The number of nitrogens with one attached hydrogen (secondary N) is 1. The molecule has 0 saturated heterocycles. The van der Waals surface area contributed by atoms with Crippen molar-refractivity contribution in [2.24, 2.45) is 5.92 Å². The van der Waals surface area contributed by atoms with E-state index >= 15 is 0 Å². The first-order chi connectivity index (χ1) is 8.48. The topological polar surface area (TPSA) is 21.3 Å². The van der Waals surface area contributed by atoms with Gasteiger partial charge in [0.25, 0.3) is 0 Å². The minimum absolute atomic E-state index is 0.282. The monoisotopic (exact) mass is 259 g/mol. The molecule has 1 unspecified atom stereocenters. The fraction of sp³-hybridized carbons (Fsp3) is 0.538. The molecule has 1 atom stereocenters. The van der Waals surface area contributed by atoms with E-state index < -0.39 is 12.8 Å². The summed E-state index contributed by atoms with van der Waals surface area (Å²) in [4.78, 5) is 0. The van der Waals surface area contributed by atoms with Crippen LogP contribution in [0.4, 0.5) is 18.9 Å². The number of benzene rings is 1. The van der Waals surface area contributed by atoms with Gasteiger partial charge in [-0.25, -0.2) is 0 Å². The van der Waals surface area contributed by atoms with E-state index in [0.29, 0.717) is 5.92 Å². The average molecular weight is 259 g/mol. The van der Waals surface area contributed by atoms with E-state index in [1.165, 1.54) is 0 Å². The standard InChI is InChI=1S/C13H16F3NO/c1-2-9-5-10-6-11(18-8-13(14,15)16)3-4-12(10)17-7-9/h3-4,6,9,17H,2,5,7-8H2,1H3. The van der Waals surface area contributed by atoms with Gasteiger partial charge in [0.15, 0.2) is 6.61 Å². The number of anilines is 1. The predicted molar refractivity (Wildman–Crippen MR) is 64.0 cm³/mol. The molecule has 2 nitrogen and oxygen atoms in total. The van der Waals surface area contributed by atoms with Crippen molar-refractivity contribution in [3.05, 3.63) is 23.8 Å². The van der Waals surface area contributed by atoms with Gasteiger partial charge in [-0.3, -0.25) is 0 Å². The summed E-state index contributed by atoms with van der Waals surface area (Å²) in [5.74, 6) is 0.819. The molecule has 0 spiro atoms. The first-order valence-electron chi connectivity index (χ1n) is 6.04. The van der Waals surface area contributed by atoms with Gasteiger partial charge in [-0.05, 0) is 36.1 Å². The molecule has 1 N–H and O–H groups in total. The lowest BCUT2D eigenvalue weighted by Crippen LogP contribution is -2.23. The number of hydrogen-bond acceptors (Lipinski definition) is 2. The van der Waals surface area contributed by atoms with Crippen molar-refractivity contribution in [1.82, 2.24) is 0 Å². The Hall–Kier alpha value is -1.39. The van der Waals surface area contributed by atoms with Crippen LogP contribution in [0.25, 0.3) is 0 Å². The zero-order valence-electron chi connectivity index (χ0n) is 10.2. The molecule has 0 fully saturated rings. The van der Waals surface area contributed by atoms with Crippen molar-refractivity contribution in [1.29, 1.82) is 0 Å². The zero-order chi connectivity index (χ0) is 13.2. The molecular formula is C13H16F3NO. The third kappa shape index (κ3) is 3.31. The van der Waals surface area contributed by atoms with Crippen LogP contribution >= 0.6 is 0 Å². The number of fused-ring (bicyclic) bond motifs is 1. The first-order valence-corrected chi connectivity index (χ1v) is 6.04. The van der Waals surface area contributed by atoms with Gasteiger partial charge in [0, 0.05) is 12.2 Å². The van der Waals surface area contributed by atoms with Crippen molar-refractivity contribution < 1.29 is 17.9 Å². The summed E-state index contributed by atoms with van der Waals surface area (Å²) in [6, 6.07) is 5.06. The normalized spacial score (nSPS) is 19.0. The summed E-state index contributed by atoms with van der Waals surface area (Å²) in [7, 11) is 0. The summed E-state index contributed by atoms with van der Waals surface area (Å²) in [5, 5.41) is 3.29. The van der Waals surface area contributed by atoms with Crippen molar-refractivity contribution in [3.63, 3.8) is 0 Å². The van der Waals surface area contributed by atoms with Crippen LogP contribution in [0.5, 0.6) is 5.75 Å². The Labute approximate surface area is 104 Å². The fourth-order valence-corrected chi connectivity index (χ4v) is 2.09. The van der Waals surface area contributed by atoms with Crippen LogP contribution in [0, 0.1) is 5.92 Å². The Balaban J connectivity index is 2.07. The summed E-state index contributed by atoms with van der Waals surface area (Å²) >= 11 is 0. The molecule has 1 aromatic rings. The zero-order valence-corrected chi connectivity index (χ0v) is 10.2. The molecule has 0 aromatic heterocycles. The molecule has 0 saturated carbocycles. The highest BCUT2D eigenvalue weighted by molar-refractivity contribution is 5.56. The van der Waals surface area contributed by atoms with Crippen LogP contribution in [0.1, 0.15) is 18.9 Å². The van der Waals surface area contributed by atoms with E-state index in [9.17, 15) is 13.2 Å². The van der Waals surface area contributed by atoms with Crippen molar-refractivity contribution >= 4 is 5.69 Å². The summed E-state index contributed by atoms with van der Waals surface area (Å²) < 4.78 is 40.9. The van der Waals surface area contributed by atoms with E-state index in [1.54, 1.807) is 18.2 Å². The molecule has 1 heterocycles. The first kappa shape index (κ1) is 13.1. The smallest absolute Gasteiger partial charge is 0.422 e. The minimum Gasteiger partial charge on any atom is -0.484 e. The average Bonchev–Trinajstić information content (AvgIpc) is 2.34. The van der Waals surface area contributed by atoms with Gasteiger partial charge in [0.05, 0.1) is 0 Å². The Bertz CT molecular complexity index is 417. The molecule has 1 aliphatic rings. The Morgan fingerprint density at radius 2 is 2.17 bits per heavy atom. The fourth-order valence-electron chi connectivity index (χ4n) is 2.09. The quantitative estimate of drug-likeness (QED) is 0.895. The highest BCUT2D eigenvalue weighted by atomic mass is 19.4. The van der Waals surface area contributed by atoms with Gasteiger partial charge in [-0.1, -0.05) is 13.3 Å². The third-order valence-electron chi connectivity index (χ3n) is 3.15. The number of ether oxygens (including phenoxy) is 1. The maximum atomic E-state index is 12.1. The lowest BCUT2D eigenvalue weighted by molar-refractivity contribution is -0.153. The number of hydrogen-bond donors (Lipinski definition) is 1. The summed E-state index contributed by atoms with van der Waals surface area (Å²) in [5.41, 5.74) is 2.03. The highest BCUT2D eigenvalue weighted by Gasteiger charge is 2.28. The molecule has 100 valence electrons. The Morgan fingerprint density at radius 1 is 1.39 bits per heavy atom. The van der Waals surface area contributed by atoms with Crippen molar-refractivity contribution in [2.75, 3.05) is 18.5 Å². The molecule has 0 bridgehead atoms. The van der Waals surface area contributed by atoms with Gasteiger partial charge in [-0.2, -0.15) is 13.2 Å². The Morgan fingerprint density at radius 3 is 2.83 bits per heavy atom. The van der Waals surface area contributed by atoms with E-state index in [4.69, 9.17) is 4.74 Å². The second-order valence-electron chi connectivity index (χ2n) is 4.58. The van der Waals surface area contributed by atoms with Crippen LogP contribution in [0.3, 0.4) is 0 Å². The van der Waals surface area contributed by atoms with Gasteiger partial charge in [0.2, 0.25) is 0 Å². The Kier molecular flexibility index (Phi) is 3.68. The molecule has 0 aliphatic carbocycles. The third-order valence-corrected chi connectivity index (χ3v) is 3.15. The molecule has 0 amide bonds. The number of alkyl halides is 3. The maximum absolute atomic E-state index is 12.1. The van der Waals surface area contributed by atoms with E-state index in [-0.39, 0.29) is 5.75 Å². The molecule has 1 aromatic carbocycles. The summed E-state index contributed by atoms with van der Waals surface area (Å²) in [6.07, 6.45) is -2.35. The number of halogens is 3. The second-order valence-corrected chi connectivity index (χ2v) is 4.58. The van der Waals surface area contributed by atoms with Crippen LogP contribution < -0.4 is 10.1 Å². The van der Waals surface area contributed by atoms with Gasteiger partial charge in [-0.15, -0.1) is 0 Å². The largest absolute Gasteiger partial charge is 0.484 e. The molecule has 18 heavy (non-hydrogen) atoms. The van der Waals surface area contributed by atoms with E-state index in [0.717, 1.165) is 30.6 Å². The molecule has 5 heteroatoms. The second kappa shape index (κ2) is 5.08. The highest BCUT2D eigenvalue weighted by Crippen LogP contribution is 2.30. The number of rotatable bonds is 3. The van der Waals surface area contributed by atoms with Crippen LogP contribution in [0.15, 0.2) is 18.2 Å². The van der Waals surface area contributed by atoms with Crippen molar-refractivity contribution in [3.8, 4) is 5.75 Å². The SMILES string of the molecule is CCC1CNc2ccc(OCC(F)(F)F)cc2C1.